The van der Waals surface area contributed by atoms with E-state index in [-0.39, 0.29) is 4.90 Å². The highest BCUT2D eigenvalue weighted by Crippen LogP contribution is 2.23. The van der Waals surface area contributed by atoms with E-state index in [1.165, 1.54) is 0 Å². The lowest BCUT2D eigenvalue weighted by atomic mass is 10.1. The van der Waals surface area contributed by atoms with Crippen LogP contribution in [-0.2, 0) is 10.0 Å². The molecular weight excluding hydrogens is 434 g/mol. The van der Waals surface area contributed by atoms with Crippen molar-refractivity contribution < 1.29 is 8.42 Å². The van der Waals surface area contributed by atoms with Gasteiger partial charge < -0.3 is 10.2 Å². The molecule has 0 saturated heterocycles. The van der Waals surface area contributed by atoms with E-state index in [1.54, 1.807) is 36.4 Å². The molecule has 0 spiro atoms. The van der Waals surface area contributed by atoms with Crippen LogP contribution in [0.1, 0.15) is 19.5 Å². The van der Waals surface area contributed by atoms with Gasteiger partial charge in [0.25, 0.3) is 10.0 Å². The van der Waals surface area contributed by atoms with Crippen LogP contribution in [-0.4, -0.2) is 31.5 Å². The number of benzene rings is 3. The van der Waals surface area contributed by atoms with Crippen molar-refractivity contribution >= 4 is 43.9 Å². The van der Waals surface area contributed by atoms with Crippen molar-refractivity contribution in [2.45, 2.75) is 25.7 Å². The van der Waals surface area contributed by atoms with E-state index in [0.29, 0.717) is 11.6 Å². The number of anilines is 4. The van der Waals surface area contributed by atoms with Crippen LogP contribution in [0.4, 0.5) is 23.1 Å². The Hall–Kier alpha value is -3.65. The second kappa shape index (κ2) is 9.46. The standard InChI is InChI=1S/C25H27N5O2S/c1-4-30(5-2)24-16-18(3)26-25(28-24)27-21-11-13-22(14-12-21)29-33(31,32)23-15-10-19-8-6-7-9-20(19)17-23/h6-17,29H,4-5H2,1-3H3,(H,26,27,28). The molecule has 4 rings (SSSR count). The van der Waals surface area contributed by atoms with Gasteiger partial charge in [0, 0.05) is 36.2 Å². The van der Waals surface area contributed by atoms with Gasteiger partial charge in [0.2, 0.25) is 5.95 Å². The van der Waals surface area contributed by atoms with Crippen LogP contribution in [0.25, 0.3) is 10.8 Å². The summed E-state index contributed by atoms with van der Waals surface area (Å²) in [5.41, 5.74) is 2.11. The monoisotopic (exact) mass is 461 g/mol. The molecule has 0 radical (unpaired) electrons. The molecule has 0 atom stereocenters. The molecule has 8 heteroatoms. The summed E-state index contributed by atoms with van der Waals surface area (Å²) in [5, 5.41) is 5.08. The third-order valence-corrected chi connectivity index (χ3v) is 6.73. The maximum absolute atomic E-state index is 12.9. The summed E-state index contributed by atoms with van der Waals surface area (Å²) in [6.07, 6.45) is 0. The van der Waals surface area contributed by atoms with Crippen LogP contribution in [0.2, 0.25) is 0 Å². The molecule has 0 fully saturated rings. The van der Waals surface area contributed by atoms with Crippen LogP contribution in [0.3, 0.4) is 0 Å². The summed E-state index contributed by atoms with van der Waals surface area (Å²) in [6, 6.07) is 21.7. The van der Waals surface area contributed by atoms with Gasteiger partial charge in [-0.2, -0.15) is 4.98 Å². The zero-order valence-electron chi connectivity index (χ0n) is 18.9. The second-order valence-corrected chi connectivity index (χ2v) is 9.36. The van der Waals surface area contributed by atoms with Gasteiger partial charge in [0.15, 0.2) is 0 Å². The quantitative estimate of drug-likeness (QED) is 0.369. The van der Waals surface area contributed by atoms with E-state index in [4.69, 9.17) is 0 Å². The van der Waals surface area contributed by atoms with Gasteiger partial charge in [-0.05, 0) is 67.9 Å². The van der Waals surface area contributed by atoms with Crippen molar-refractivity contribution in [1.29, 1.82) is 0 Å². The first-order valence-electron chi connectivity index (χ1n) is 10.9. The minimum atomic E-state index is -3.70. The number of nitrogens with zero attached hydrogens (tertiary/aromatic N) is 3. The molecule has 0 saturated carbocycles. The van der Waals surface area contributed by atoms with E-state index in [2.05, 4.69) is 38.8 Å². The topological polar surface area (TPSA) is 87.2 Å². The van der Waals surface area contributed by atoms with Crippen molar-refractivity contribution in [3.05, 3.63) is 78.5 Å². The Bertz CT molecular complexity index is 1370. The minimum Gasteiger partial charge on any atom is -0.357 e. The molecule has 0 bridgehead atoms. The Morgan fingerprint density at radius 3 is 2.18 bits per heavy atom. The molecule has 3 aromatic carbocycles. The molecule has 0 aliphatic carbocycles. The predicted molar refractivity (Wildman–Crippen MR) is 135 cm³/mol. The Kier molecular flexibility index (Phi) is 6.46. The van der Waals surface area contributed by atoms with Crippen LogP contribution in [0.15, 0.2) is 77.7 Å². The van der Waals surface area contributed by atoms with E-state index >= 15 is 0 Å². The first kappa shape index (κ1) is 22.5. The molecule has 2 N–H and O–H groups in total. The number of sulfonamides is 1. The van der Waals surface area contributed by atoms with Gasteiger partial charge in [-0.15, -0.1) is 0 Å². The maximum atomic E-state index is 12.9. The molecule has 0 amide bonds. The van der Waals surface area contributed by atoms with Crippen LogP contribution >= 0.6 is 0 Å². The SMILES string of the molecule is CCN(CC)c1cc(C)nc(Nc2ccc(NS(=O)(=O)c3ccc4ccccc4c3)cc2)n1. The van der Waals surface area contributed by atoms with Crippen LogP contribution in [0, 0.1) is 6.92 Å². The van der Waals surface area contributed by atoms with Crippen molar-refractivity contribution in [2.75, 3.05) is 28.0 Å². The number of fused-ring (bicyclic) bond motifs is 1. The molecule has 1 aromatic heterocycles. The van der Waals surface area contributed by atoms with E-state index in [1.807, 2.05) is 43.3 Å². The number of hydrogen-bond acceptors (Lipinski definition) is 6. The Morgan fingerprint density at radius 2 is 1.48 bits per heavy atom. The largest absolute Gasteiger partial charge is 0.357 e. The first-order valence-corrected chi connectivity index (χ1v) is 12.4. The minimum absolute atomic E-state index is 0.223. The normalized spacial score (nSPS) is 11.4. The highest BCUT2D eigenvalue weighted by Gasteiger charge is 2.15. The van der Waals surface area contributed by atoms with E-state index in [0.717, 1.165) is 41.1 Å². The number of aryl methyl sites for hydroxylation is 1. The number of nitrogens with one attached hydrogen (secondary N) is 2. The summed E-state index contributed by atoms with van der Waals surface area (Å²) >= 11 is 0. The van der Waals surface area contributed by atoms with Gasteiger partial charge in [-0.3, -0.25) is 4.72 Å². The van der Waals surface area contributed by atoms with E-state index in [9.17, 15) is 8.42 Å². The highest BCUT2D eigenvalue weighted by atomic mass is 32.2. The van der Waals surface area contributed by atoms with Crippen molar-refractivity contribution in [3.63, 3.8) is 0 Å². The van der Waals surface area contributed by atoms with Gasteiger partial charge in [-0.1, -0.05) is 30.3 Å². The number of rotatable bonds is 8. The summed E-state index contributed by atoms with van der Waals surface area (Å²) in [6.45, 7) is 7.83. The van der Waals surface area contributed by atoms with Crippen molar-refractivity contribution in [3.8, 4) is 0 Å². The maximum Gasteiger partial charge on any atom is 0.261 e. The average molecular weight is 462 g/mol. The molecule has 0 aliphatic rings. The Morgan fingerprint density at radius 1 is 0.818 bits per heavy atom. The zero-order chi connectivity index (χ0) is 23.4. The van der Waals surface area contributed by atoms with Gasteiger partial charge in [-0.25, -0.2) is 13.4 Å². The number of aromatic nitrogens is 2. The Balaban J connectivity index is 1.50. The van der Waals surface area contributed by atoms with Crippen molar-refractivity contribution in [1.82, 2.24) is 9.97 Å². The fraction of sp³-hybridized carbons (Fsp3) is 0.200. The Labute approximate surface area is 194 Å². The lowest BCUT2D eigenvalue weighted by Gasteiger charge is -2.20. The van der Waals surface area contributed by atoms with Gasteiger partial charge in [0.05, 0.1) is 4.90 Å². The summed E-state index contributed by atoms with van der Waals surface area (Å²) in [4.78, 5) is 11.5. The number of hydrogen-bond donors (Lipinski definition) is 2. The van der Waals surface area contributed by atoms with Crippen molar-refractivity contribution in [2.24, 2.45) is 0 Å². The average Bonchev–Trinajstić information content (AvgIpc) is 2.80. The fourth-order valence-electron chi connectivity index (χ4n) is 3.62. The third kappa shape index (κ3) is 5.23. The fourth-order valence-corrected chi connectivity index (χ4v) is 4.71. The molecule has 0 aliphatic heterocycles. The van der Waals surface area contributed by atoms with E-state index < -0.39 is 10.0 Å². The molecule has 4 aromatic rings. The molecular formula is C25H27N5O2S. The first-order chi connectivity index (χ1) is 15.9. The third-order valence-electron chi connectivity index (χ3n) is 5.35. The summed E-state index contributed by atoms with van der Waals surface area (Å²) in [5.74, 6) is 1.37. The lowest BCUT2D eigenvalue weighted by molar-refractivity contribution is 0.601. The zero-order valence-corrected chi connectivity index (χ0v) is 19.7. The predicted octanol–water partition coefficient (Wildman–Crippen LogP) is 5.33. The molecule has 0 unspecified atom stereocenters. The van der Waals surface area contributed by atoms with Gasteiger partial charge >= 0.3 is 0 Å². The molecule has 33 heavy (non-hydrogen) atoms. The van der Waals surface area contributed by atoms with Crippen LogP contribution in [0.5, 0.6) is 0 Å². The van der Waals surface area contributed by atoms with Crippen LogP contribution < -0.4 is 14.9 Å². The molecule has 1 heterocycles. The lowest BCUT2D eigenvalue weighted by Crippen LogP contribution is -2.23. The smallest absolute Gasteiger partial charge is 0.261 e. The summed E-state index contributed by atoms with van der Waals surface area (Å²) in [7, 11) is -3.70. The second-order valence-electron chi connectivity index (χ2n) is 7.68. The molecule has 170 valence electrons. The summed E-state index contributed by atoms with van der Waals surface area (Å²) < 4.78 is 28.4. The van der Waals surface area contributed by atoms with Gasteiger partial charge in [0.1, 0.15) is 5.82 Å². The highest BCUT2D eigenvalue weighted by molar-refractivity contribution is 7.92. The molecule has 7 nitrogen and oxygen atoms in total.